The van der Waals surface area contributed by atoms with Crippen molar-refractivity contribution in [3.8, 4) is 0 Å². The third kappa shape index (κ3) is 3.58. The predicted molar refractivity (Wildman–Crippen MR) is 76.4 cm³/mol. The minimum absolute atomic E-state index is 0.362. The molecule has 0 radical (unpaired) electrons. The lowest BCUT2D eigenvalue weighted by molar-refractivity contribution is 0.467. The number of aromatic nitrogens is 2. The lowest BCUT2D eigenvalue weighted by atomic mass is 9.95. The van der Waals surface area contributed by atoms with Crippen LogP contribution in [0.15, 0.2) is 6.07 Å². The molecule has 3 nitrogen and oxygen atoms in total. The molecule has 1 aromatic heterocycles. The Morgan fingerprint density at radius 2 is 1.89 bits per heavy atom. The van der Waals surface area contributed by atoms with Gasteiger partial charge in [0.1, 0.15) is 11.6 Å². The van der Waals surface area contributed by atoms with Gasteiger partial charge in [-0.05, 0) is 32.6 Å². The van der Waals surface area contributed by atoms with Gasteiger partial charge in [0.05, 0.1) is 0 Å². The first-order valence-corrected chi connectivity index (χ1v) is 7.24. The van der Waals surface area contributed by atoms with Crippen LogP contribution in [0.3, 0.4) is 0 Å². The largest absolute Gasteiger partial charge is 0.367 e. The number of anilines is 1. The van der Waals surface area contributed by atoms with Crippen LogP contribution in [0.1, 0.15) is 57.0 Å². The van der Waals surface area contributed by atoms with E-state index in [1.54, 1.807) is 0 Å². The third-order valence-corrected chi connectivity index (χ3v) is 3.83. The molecule has 0 aromatic carbocycles. The molecule has 0 unspecified atom stereocenters. The van der Waals surface area contributed by atoms with E-state index in [2.05, 4.69) is 29.1 Å². The summed E-state index contributed by atoms with van der Waals surface area (Å²) in [6, 6.07) is 2.54. The Bertz CT molecular complexity index is 398. The van der Waals surface area contributed by atoms with Crippen LogP contribution >= 0.6 is 11.6 Å². The molecule has 18 heavy (non-hydrogen) atoms. The number of hydrogen-bond acceptors (Lipinski definition) is 3. The Morgan fingerprint density at radius 3 is 2.50 bits per heavy atom. The molecular weight excluding hydrogens is 246 g/mol. The van der Waals surface area contributed by atoms with E-state index in [1.807, 2.05) is 13.0 Å². The highest BCUT2D eigenvalue weighted by molar-refractivity contribution is 6.20. The molecule has 1 aromatic rings. The Balaban J connectivity index is 2.04. The normalized spacial score (nSPS) is 24.3. The van der Waals surface area contributed by atoms with Crippen LogP contribution in [0, 0.1) is 6.92 Å². The van der Waals surface area contributed by atoms with E-state index in [1.165, 1.54) is 0 Å². The van der Waals surface area contributed by atoms with Gasteiger partial charge in [-0.2, -0.15) is 0 Å². The number of nitrogens with zero attached hydrogens (tertiary/aromatic N) is 2. The summed E-state index contributed by atoms with van der Waals surface area (Å²) in [6.07, 6.45) is 4.46. The van der Waals surface area contributed by atoms with E-state index in [0.29, 0.717) is 17.3 Å². The van der Waals surface area contributed by atoms with E-state index in [9.17, 15) is 0 Å². The summed E-state index contributed by atoms with van der Waals surface area (Å²) >= 11 is 6.12. The Hall–Kier alpha value is -0.830. The molecule has 0 atom stereocenters. The van der Waals surface area contributed by atoms with Crippen molar-refractivity contribution >= 4 is 17.4 Å². The van der Waals surface area contributed by atoms with Crippen molar-refractivity contribution in [3.63, 3.8) is 0 Å². The molecule has 1 heterocycles. The van der Waals surface area contributed by atoms with Gasteiger partial charge in [-0.1, -0.05) is 13.8 Å². The first-order valence-electron chi connectivity index (χ1n) is 6.81. The zero-order valence-corrected chi connectivity index (χ0v) is 12.2. The predicted octanol–water partition coefficient (Wildman–Crippen LogP) is 3.87. The third-order valence-electron chi connectivity index (χ3n) is 3.40. The molecule has 4 heteroatoms. The zero-order chi connectivity index (χ0) is 13.1. The van der Waals surface area contributed by atoms with E-state index >= 15 is 0 Å². The number of rotatable bonds is 3. The molecular formula is C14H22ClN3. The fourth-order valence-electron chi connectivity index (χ4n) is 2.33. The van der Waals surface area contributed by atoms with Crippen molar-refractivity contribution in [1.82, 2.24) is 9.97 Å². The highest BCUT2D eigenvalue weighted by Gasteiger charge is 2.19. The van der Waals surface area contributed by atoms with E-state index in [0.717, 1.165) is 43.0 Å². The average molecular weight is 268 g/mol. The molecule has 1 saturated carbocycles. The van der Waals surface area contributed by atoms with Gasteiger partial charge in [-0.25, -0.2) is 9.97 Å². The summed E-state index contributed by atoms with van der Waals surface area (Å²) in [6.45, 7) is 6.27. The second-order valence-electron chi connectivity index (χ2n) is 5.50. The minimum atomic E-state index is 0.362. The first-order chi connectivity index (χ1) is 8.54. The van der Waals surface area contributed by atoms with Crippen molar-refractivity contribution in [2.75, 3.05) is 5.32 Å². The van der Waals surface area contributed by atoms with Crippen LogP contribution in [0.4, 0.5) is 5.82 Å². The van der Waals surface area contributed by atoms with Gasteiger partial charge in [0.25, 0.3) is 0 Å². The summed E-state index contributed by atoms with van der Waals surface area (Å²) in [5, 5.41) is 3.89. The maximum absolute atomic E-state index is 6.12. The molecule has 0 saturated heterocycles. The quantitative estimate of drug-likeness (QED) is 0.845. The van der Waals surface area contributed by atoms with Crippen LogP contribution in [-0.2, 0) is 0 Å². The number of alkyl halides is 1. The van der Waals surface area contributed by atoms with Crippen molar-refractivity contribution in [2.45, 2.75) is 63.8 Å². The first kappa shape index (κ1) is 13.6. The molecule has 100 valence electrons. The molecule has 1 aliphatic rings. The lowest BCUT2D eigenvalue weighted by Gasteiger charge is -2.26. The zero-order valence-electron chi connectivity index (χ0n) is 11.4. The summed E-state index contributed by atoms with van der Waals surface area (Å²) in [7, 11) is 0. The van der Waals surface area contributed by atoms with Gasteiger partial charge < -0.3 is 5.32 Å². The smallest absolute Gasteiger partial charge is 0.133 e. The summed E-state index contributed by atoms with van der Waals surface area (Å²) < 4.78 is 0. The molecule has 1 N–H and O–H groups in total. The molecule has 1 aliphatic carbocycles. The fourth-order valence-corrected chi connectivity index (χ4v) is 2.58. The molecule has 0 bridgehead atoms. The average Bonchev–Trinajstić information content (AvgIpc) is 2.31. The van der Waals surface area contributed by atoms with Gasteiger partial charge >= 0.3 is 0 Å². The van der Waals surface area contributed by atoms with Gasteiger partial charge in [0.2, 0.25) is 0 Å². The fraction of sp³-hybridized carbons (Fsp3) is 0.714. The van der Waals surface area contributed by atoms with Crippen molar-refractivity contribution in [2.24, 2.45) is 0 Å². The second-order valence-corrected chi connectivity index (χ2v) is 6.12. The van der Waals surface area contributed by atoms with Crippen LogP contribution in [0.25, 0.3) is 0 Å². The Morgan fingerprint density at radius 1 is 1.22 bits per heavy atom. The van der Waals surface area contributed by atoms with Crippen molar-refractivity contribution in [1.29, 1.82) is 0 Å². The molecule has 1 fully saturated rings. The second kappa shape index (κ2) is 5.87. The molecule has 0 spiro atoms. The maximum Gasteiger partial charge on any atom is 0.133 e. The number of aryl methyl sites for hydroxylation is 1. The topological polar surface area (TPSA) is 37.8 Å². The van der Waals surface area contributed by atoms with E-state index in [4.69, 9.17) is 11.6 Å². The van der Waals surface area contributed by atoms with Gasteiger partial charge in [-0.3, -0.25) is 0 Å². The van der Waals surface area contributed by atoms with Gasteiger partial charge in [0, 0.05) is 29.1 Å². The number of nitrogens with one attached hydrogen (secondary N) is 1. The Labute approximate surface area is 114 Å². The summed E-state index contributed by atoms with van der Waals surface area (Å²) in [5.41, 5.74) is 1.03. The van der Waals surface area contributed by atoms with Crippen molar-refractivity contribution < 1.29 is 0 Å². The number of hydrogen-bond donors (Lipinski definition) is 1. The highest BCUT2D eigenvalue weighted by atomic mass is 35.5. The Kier molecular flexibility index (Phi) is 4.44. The van der Waals surface area contributed by atoms with E-state index < -0.39 is 0 Å². The molecule has 0 aliphatic heterocycles. The lowest BCUT2D eigenvalue weighted by Crippen LogP contribution is -2.27. The molecule has 2 rings (SSSR count). The summed E-state index contributed by atoms with van der Waals surface area (Å²) in [5.74, 6) is 2.25. The summed E-state index contributed by atoms with van der Waals surface area (Å²) in [4.78, 5) is 9.06. The standard InChI is InChI=1S/C14H22ClN3/c1-9(2)14-16-10(3)8-13(18-14)17-12-6-4-11(15)5-7-12/h8-9,11-12H,4-7H2,1-3H3,(H,16,17,18). The van der Waals surface area contributed by atoms with Crippen LogP contribution in [-0.4, -0.2) is 21.4 Å². The minimum Gasteiger partial charge on any atom is -0.367 e. The molecule has 0 amide bonds. The van der Waals surface area contributed by atoms with Crippen molar-refractivity contribution in [3.05, 3.63) is 17.6 Å². The maximum atomic E-state index is 6.12. The van der Waals surface area contributed by atoms with Crippen LogP contribution in [0.5, 0.6) is 0 Å². The highest BCUT2D eigenvalue weighted by Crippen LogP contribution is 2.25. The van der Waals surface area contributed by atoms with Crippen LogP contribution in [0.2, 0.25) is 0 Å². The van der Waals surface area contributed by atoms with Gasteiger partial charge in [0.15, 0.2) is 0 Å². The number of halogens is 1. The SMILES string of the molecule is Cc1cc(NC2CCC(Cl)CC2)nc(C(C)C)n1. The van der Waals surface area contributed by atoms with Gasteiger partial charge in [-0.15, -0.1) is 11.6 Å². The monoisotopic (exact) mass is 267 g/mol. The van der Waals surface area contributed by atoms with Crippen LogP contribution < -0.4 is 5.32 Å². The van der Waals surface area contributed by atoms with E-state index in [-0.39, 0.29) is 0 Å².